The first-order chi connectivity index (χ1) is 19.6. The van der Waals surface area contributed by atoms with Gasteiger partial charge in [-0.1, -0.05) is 6.07 Å². The first kappa shape index (κ1) is 22.7. The number of methoxy groups -OCH3 is 2. The molecule has 200 valence electrons. The molecule has 13 heteroatoms. The summed E-state index contributed by atoms with van der Waals surface area (Å²) in [7, 11) is 2.90. The number of aromatic nitrogens is 4. The van der Waals surface area contributed by atoms with Crippen LogP contribution in [-0.2, 0) is 20.9 Å². The van der Waals surface area contributed by atoms with Crippen molar-refractivity contribution in [2.45, 2.75) is 19.4 Å². The van der Waals surface area contributed by atoms with Crippen LogP contribution in [0.25, 0.3) is 11.3 Å². The summed E-state index contributed by atoms with van der Waals surface area (Å²) < 4.78 is 32.7. The Morgan fingerprint density at radius 3 is 2.76 bits per heavy atom. The van der Waals surface area contributed by atoms with Crippen LogP contribution in [0.1, 0.15) is 27.3 Å². The standard InChI is InChI=1S/C25H30N8O5/c1-26-25(36)17-12-28-21(31-24(35)15-7-8-15)11-19(17)30-18-6-4-5-16(23(18)38-3)20-13-29-33(32-20)10-9-27-22(34)14-37-2/h4-6,11-13,15H,7-10,14H2,1-3H3,(H,26,36)(H,27,34)(H2,28,30,31,35)/i1D3. The molecule has 0 unspecified atom stereocenters. The van der Waals surface area contributed by atoms with Crippen molar-refractivity contribution in [3.63, 3.8) is 0 Å². The number of rotatable bonds is 12. The van der Waals surface area contributed by atoms with Gasteiger partial charge >= 0.3 is 0 Å². The number of hydrogen-bond acceptors (Lipinski definition) is 9. The molecule has 0 aliphatic heterocycles. The first-order valence-corrected chi connectivity index (χ1v) is 11.8. The molecule has 1 fully saturated rings. The molecule has 4 N–H and O–H groups in total. The second kappa shape index (κ2) is 12.1. The van der Waals surface area contributed by atoms with E-state index >= 15 is 0 Å². The average Bonchev–Trinajstić information content (AvgIpc) is 3.66. The molecule has 0 bridgehead atoms. The van der Waals surface area contributed by atoms with Crippen LogP contribution in [0.5, 0.6) is 5.75 Å². The van der Waals surface area contributed by atoms with Gasteiger partial charge < -0.3 is 30.7 Å². The van der Waals surface area contributed by atoms with Crippen LogP contribution in [0.15, 0.2) is 36.7 Å². The van der Waals surface area contributed by atoms with E-state index in [9.17, 15) is 14.4 Å². The number of anilines is 3. The van der Waals surface area contributed by atoms with Crippen LogP contribution in [-0.4, -0.2) is 72.0 Å². The quantitative estimate of drug-likeness (QED) is 0.275. The number of carbonyl (C=O) groups is 3. The smallest absolute Gasteiger partial charge is 0.254 e. The first-order valence-electron chi connectivity index (χ1n) is 13.3. The molecule has 3 aromatic rings. The monoisotopic (exact) mass is 525 g/mol. The number of pyridine rings is 1. The average molecular weight is 526 g/mol. The molecule has 0 saturated heterocycles. The van der Waals surface area contributed by atoms with Crippen molar-refractivity contribution >= 4 is 34.9 Å². The van der Waals surface area contributed by atoms with Gasteiger partial charge in [0.25, 0.3) is 5.91 Å². The molecule has 2 aromatic heterocycles. The van der Waals surface area contributed by atoms with Crippen molar-refractivity contribution in [3.05, 3.63) is 42.2 Å². The lowest BCUT2D eigenvalue weighted by atomic mass is 10.1. The van der Waals surface area contributed by atoms with Gasteiger partial charge in [0.05, 0.1) is 36.8 Å². The molecular formula is C25H30N8O5. The van der Waals surface area contributed by atoms with Crippen LogP contribution in [0.3, 0.4) is 0 Å². The third-order valence-electron chi connectivity index (χ3n) is 5.67. The fourth-order valence-electron chi connectivity index (χ4n) is 3.66. The maximum absolute atomic E-state index is 12.8. The molecule has 3 amide bonds. The maximum Gasteiger partial charge on any atom is 0.254 e. The predicted molar refractivity (Wildman–Crippen MR) is 139 cm³/mol. The van der Waals surface area contributed by atoms with Gasteiger partial charge in [-0.3, -0.25) is 14.4 Å². The van der Waals surface area contributed by atoms with Gasteiger partial charge in [-0.15, -0.1) is 0 Å². The number of nitrogens with zero attached hydrogens (tertiary/aromatic N) is 4. The SMILES string of the molecule is [2H]C([2H])([2H])NC(=O)c1cnc(NC(=O)C2CC2)cc1Nc1cccc(-c2cnn(CCNC(=O)COC)n2)c1OC. The van der Waals surface area contributed by atoms with Crippen LogP contribution < -0.4 is 26.0 Å². The van der Waals surface area contributed by atoms with Crippen molar-refractivity contribution in [1.29, 1.82) is 0 Å². The van der Waals surface area contributed by atoms with Crippen LogP contribution in [0.4, 0.5) is 17.2 Å². The summed E-state index contributed by atoms with van der Waals surface area (Å²) in [5.41, 5.74) is 1.64. The van der Waals surface area contributed by atoms with E-state index in [2.05, 4.69) is 31.1 Å². The number of hydrogen-bond donors (Lipinski definition) is 4. The Bertz CT molecular complexity index is 1420. The number of para-hydroxylation sites is 1. The van der Waals surface area contributed by atoms with Gasteiger partial charge in [0.15, 0.2) is 5.75 Å². The maximum atomic E-state index is 12.8. The molecule has 1 saturated carbocycles. The molecule has 4 rings (SSSR count). The fourth-order valence-corrected chi connectivity index (χ4v) is 3.66. The summed E-state index contributed by atoms with van der Waals surface area (Å²) in [5.74, 6) is -0.807. The topological polar surface area (TPSA) is 161 Å². The number of carbonyl (C=O) groups excluding carboxylic acids is 3. The third kappa shape index (κ3) is 6.42. The molecule has 0 spiro atoms. The third-order valence-corrected chi connectivity index (χ3v) is 5.67. The molecule has 13 nitrogen and oxygen atoms in total. The van der Waals surface area contributed by atoms with Gasteiger partial charge in [0, 0.05) is 48.5 Å². The lowest BCUT2D eigenvalue weighted by molar-refractivity contribution is -0.124. The fraction of sp³-hybridized carbons (Fsp3) is 0.360. The van der Waals surface area contributed by atoms with Gasteiger partial charge in [-0.25, -0.2) is 4.98 Å². The second-order valence-electron chi connectivity index (χ2n) is 8.45. The highest BCUT2D eigenvalue weighted by Gasteiger charge is 2.30. The van der Waals surface area contributed by atoms with E-state index < -0.39 is 12.9 Å². The Kier molecular flexibility index (Phi) is 7.24. The van der Waals surface area contributed by atoms with Gasteiger partial charge in [-0.2, -0.15) is 15.0 Å². The molecule has 0 atom stereocenters. The minimum Gasteiger partial charge on any atom is -0.494 e. The zero-order valence-corrected chi connectivity index (χ0v) is 20.9. The molecular weight excluding hydrogens is 492 g/mol. The van der Waals surface area contributed by atoms with Crippen molar-refractivity contribution in [2.24, 2.45) is 5.92 Å². The normalized spacial score (nSPS) is 14.0. The minimum absolute atomic E-state index is 0.0415. The molecule has 1 aromatic carbocycles. The van der Waals surface area contributed by atoms with Gasteiger partial charge in [0.1, 0.15) is 18.1 Å². The summed E-state index contributed by atoms with van der Waals surface area (Å²) in [4.78, 5) is 42.3. The van der Waals surface area contributed by atoms with Gasteiger partial charge in [0.2, 0.25) is 11.8 Å². The minimum atomic E-state index is -2.72. The van der Waals surface area contributed by atoms with E-state index in [-0.39, 0.29) is 41.4 Å². The van der Waals surface area contributed by atoms with Crippen LogP contribution in [0.2, 0.25) is 0 Å². The van der Waals surface area contributed by atoms with E-state index in [4.69, 9.17) is 13.6 Å². The van der Waals surface area contributed by atoms with Crippen molar-refractivity contribution in [1.82, 2.24) is 30.6 Å². The number of nitrogens with one attached hydrogen (secondary N) is 4. The number of amides is 3. The Morgan fingerprint density at radius 2 is 2.03 bits per heavy atom. The lowest BCUT2D eigenvalue weighted by Crippen LogP contribution is -2.30. The highest BCUT2D eigenvalue weighted by Crippen LogP contribution is 2.38. The van der Waals surface area contributed by atoms with E-state index in [1.807, 2.05) is 5.32 Å². The summed E-state index contributed by atoms with van der Waals surface area (Å²) in [6.07, 6.45) is 4.34. The second-order valence-corrected chi connectivity index (χ2v) is 8.45. The predicted octanol–water partition coefficient (Wildman–Crippen LogP) is 1.56. The largest absolute Gasteiger partial charge is 0.494 e. The van der Waals surface area contributed by atoms with E-state index in [0.29, 0.717) is 35.8 Å². The van der Waals surface area contributed by atoms with Crippen LogP contribution in [0, 0.1) is 5.92 Å². The highest BCUT2D eigenvalue weighted by atomic mass is 16.5. The molecule has 1 aliphatic carbocycles. The van der Waals surface area contributed by atoms with E-state index in [1.54, 1.807) is 24.4 Å². The Morgan fingerprint density at radius 1 is 1.18 bits per heavy atom. The summed E-state index contributed by atoms with van der Waals surface area (Å²) in [6.45, 7) is -2.13. The van der Waals surface area contributed by atoms with Crippen molar-refractivity contribution in [2.75, 3.05) is 45.0 Å². The zero-order valence-electron chi connectivity index (χ0n) is 23.9. The van der Waals surface area contributed by atoms with E-state index in [1.165, 1.54) is 31.3 Å². The molecule has 38 heavy (non-hydrogen) atoms. The van der Waals surface area contributed by atoms with E-state index in [0.717, 1.165) is 12.8 Å². The lowest BCUT2D eigenvalue weighted by Gasteiger charge is -2.17. The molecule has 0 radical (unpaired) electrons. The van der Waals surface area contributed by atoms with Crippen molar-refractivity contribution in [3.8, 4) is 17.0 Å². The highest BCUT2D eigenvalue weighted by molar-refractivity contribution is 6.01. The zero-order chi connectivity index (χ0) is 29.6. The summed E-state index contributed by atoms with van der Waals surface area (Å²) in [5, 5.41) is 19.2. The Balaban J connectivity index is 1.60. The number of benzene rings is 1. The van der Waals surface area contributed by atoms with Crippen molar-refractivity contribution < 1.29 is 28.0 Å². The molecule has 2 heterocycles. The molecule has 1 aliphatic rings. The van der Waals surface area contributed by atoms with Gasteiger partial charge in [-0.05, 0) is 25.0 Å². The summed E-state index contributed by atoms with van der Waals surface area (Å²) in [6, 6.07) is 6.67. The summed E-state index contributed by atoms with van der Waals surface area (Å²) >= 11 is 0. The van der Waals surface area contributed by atoms with Crippen LogP contribution >= 0.6 is 0 Å². The number of ether oxygens (including phenoxy) is 2. The Labute approximate surface area is 223 Å². The Hall–Kier alpha value is -4.52.